The molecule has 2 N–H and O–H groups in total. The first-order valence-corrected chi connectivity index (χ1v) is 8.73. The number of ether oxygens (including phenoxy) is 1. The van der Waals surface area contributed by atoms with Gasteiger partial charge in [-0.25, -0.2) is 0 Å². The van der Waals surface area contributed by atoms with E-state index in [1.54, 1.807) is 7.11 Å². The largest absolute Gasteiger partial charge is 0.385 e. The highest BCUT2D eigenvalue weighted by molar-refractivity contribution is 6.30. The summed E-state index contributed by atoms with van der Waals surface area (Å²) in [5.41, 5.74) is 1.54. The molecule has 1 aliphatic carbocycles. The first kappa shape index (κ1) is 18.1. The van der Waals surface area contributed by atoms with Crippen molar-refractivity contribution in [2.75, 3.05) is 27.3 Å². The Balaban J connectivity index is 1.82. The van der Waals surface area contributed by atoms with Gasteiger partial charge in [-0.2, -0.15) is 0 Å². The molecule has 0 unspecified atom stereocenters. The second kappa shape index (κ2) is 9.14. The summed E-state index contributed by atoms with van der Waals surface area (Å²) in [4.78, 5) is 4.33. The quantitative estimate of drug-likeness (QED) is 0.590. The lowest BCUT2D eigenvalue weighted by atomic mass is 9.83. The first-order chi connectivity index (χ1) is 11.2. The molecule has 1 aromatic carbocycles. The molecule has 23 heavy (non-hydrogen) atoms. The molecule has 5 heteroatoms. The van der Waals surface area contributed by atoms with Gasteiger partial charge in [-0.05, 0) is 42.4 Å². The van der Waals surface area contributed by atoms with Gasteiger partial charge >= 0.3 is 0 Å². The van der Waals surface area contributed by atoms with Crippen LogP contribution < -0.4 is 10.6 Å². The molecule has 0 bridgehead atoms. The van der Waals surface area contributed by atoms with Crippen LogP contribution in [-0.4, -0.2) is 33.3 Å². The summed E-state index contributed by atoms with van der Waals surface area (Å²) in [6.07, 6.45) is 6.31. The third-order valence-electron chi connectivity index (χ3n) is 4.73. The second-order valence-electron chi connectivity index (χ2n) is 6.36. The van der Waals surface area contributed by atoms with Crippen LogP contribution in [0.4, 0.5) is 0 Å². The van der Waals surface area contributed by atoms with E-state index in [1.807, 2.05) is 31.3 Å². The zero-order valence-electron chi connectivity index (χ0n) is 14.2. The van der Waals surface area contributed by atoms with Gasteiger partial charge in [0, 0.05) is 38.9 Å². The Bertz CT molecular complexity index is 495. The molecular weight excluding hydrogens is 310 g/mol. The number of halogens is 1. The van der Waals surface area contributed by atoms with Crippen molar-refractivity contribution in [1.29, 1.82) is 0 Å². The van der Waals surface area contributed by atoms with Gasteiger partial charge in [-0.3, -0.25) is 4.99 Å². The van der Waals surface area contributed by atoms with Gasteiger partial charge in [0.15, 0.2) is 5.96 Å². The molecule has 2 rings (SSSR count). The van der Waals surface area contributed by atoms with E-state index >= 15 is 0 Å². The molecule has 0 aromatic heterocycles. The van der Waals surface area contributed by atoms with Crippen LogP contribution in [0.2, 0.25) is 5.02 Å². The van der Waals surface area contributed by atoms with Crippen LogP contribution in [0.5, 0.6) is 0 Å². The minimum Gasteiger partial charge on any atom is -0.385 e. The van der Waals surface area contributed by atoms with E-state index in [9.17, 15) is 0 Å². The summed E-state index contributed by atoms with van der Waals surface area (Å²) >= 11 is 5.91. The Morgan fingerprint density at radius 1 is 1.22 bits per heavy atom. The molecule has 0 radical (unpaired) electrons. The lowest BCUT2D eigenvalue weighted by Gasteiger charge is -2.30. The van der Waals surface area contributed by atoms with Crippen molar-refractivity contribution in [1.82, 2.24) is 10.6 Å². The molecule has 0 heterocycles. The van der Waals surface area contributed by atoms with E-state index in [-0.39, 0.29) is 0 Å². The van der Waals surface area contributed by atoms with E-state index < -0.39 is 0 Å². The summed E-state index contributed by atoms with van der Waals surface area (Å²) in [5, 5.41) is 7.63. The maximum absolute atomic E-state index is 5.91. The number of methoxy groups -OCH3 is 1. The Morgan fingerprint density at radius 2 is 1.91 bits per heavy atom. The zero-order chi connectivity index (χ0) is 16.5. The van der Waals surface area contributed by atoms with Gasteiger partial charge in [0.05, 0.1) is 0 Å². The number of guanidine groups is 1. The molecule has 1 aromatic rings. The first-order valence-electron chi connectivity index (χ1n) is 8.35. The zero-order valence-corrected chi connectivity index (χ0v) is 15.0. The molecule has 4 nitrogen and oxygen atoms in total. The highest BCUT2D eigenvalue weighted by Gasteiger charge is 2.33. The van der Waals surface area contributed by atoms with E-state index in [0.29, 0.717) is 5.41 Å². The summed E-state index contributed by atoms with van der Waals surface area (Å²) in [7, 11) is 3.59. The Morgan fingerprint density at radius 3 is 2.52 bits per heavy atom. The molecule has 0 atom stereocenters. The van der Waals surface area contributed by atoms with Crippen LogP contribution in [0.3, 0.4) is 0 Å². The molecule has 0 spiro atoms. The predicted octanol–water partition coefficient (Wildman–Crippen LogP) is 3.60. The summed E-state index contributed by atoms with van der Waals surface area (Å²) < 4.78 is 5.29. The van der Waals surface area contributed by atoms with Crippen molar-refractivity contribution < 1.29 is 4.74 Å². The van der Waals surface area contributed by atoms with Crippen molar-refractivity contribution in [3.63, 3.8) is 0 Å². The summed E-state index contributed by atoms with van der Waals surface area (Å²) in [6.45, 7) is 2.52. The normalized spacial score (nSPS) is 17.3. The number of aliphatic imine (C=N–C) groups is 1. The van der Waals surface area contributed by atoms with Crippen LogP contribution in [-0.2, 0) is 11.3 Å². The van der Waals surface area contributed by atoms with E-state index in [4.69, 9.17) is 16.3 Å². The van der Waals surface area contributed by atoms with Crippen LogP contribution in [0, 0.1) is 5.41 Å². The summed E-state index contributed by atoms with van der Waals surface area (Å²) in [5.74, 6) is 0.851. The molecule has 128 valence electrons. The maximum atomic E-state index is 5.91. The third-order valence-corrected chi connectivity index (χ3v) is 4.98. The second-order valence-corrected chi connectivity index (χ2v) is 6.79. The fourth-order valence-corrected chi connectivity index (χ4v) is 3.36. The average Bonchev–Trinajstić information content (AvgIpc) is 3.04. The van der Waals surface area contributed by atoms with E-state index in [1.165, 1.54) is 31.2 Å². The number of hydrogen-bond acceptors (Lipinski definition) is 2. The number of benzene rings is 1. The topological polar surface area (TPSA) is 45.7 Å². The predicted molar refractivity (Wildman–Crippen MR) is 97.0 cm³/mol. The average molecular weight is 338 g/mol. The molecule has 0 saturated heterocycles. The smallest absolute Gasteiger partial charge is 0.191 e. The van der Waals surface area contributed by atoms with Gasteiger partial charge in [0.25, 0.3) is 0 Å². The summed E-state index contributed by atoms with van der Waals surface area (Å²) in [6, 6.07) is 7.87. The van der Waals surface area contributed by atoms with Gasteiger partial charge in [-0.15, -0.1) is 0 Å². The van der Waals surface area contributed by atoms with Crippen LogP contribution in [0.25, 0.3) is 0 Å². The Kier molecular flexibility index (Phi) is 7.18. The van der Waals surface area contributed by atoms with E-state index in [0.717, 1.165) is 37.1 Å². The van der Waals surface area contributed by atoms with Crippen LogP contribution in [0.1, 0.15) is 37.7 Å². The number of nitrogens with one attached hydrogen (secondary N) is 2. The lowest BCUT2D eigenvalue weighted by Crippen LogP contribution is -2.43. The lowest BCUT2D eigenvalue weighted by molar-refractivity contribution is 0.138. The van der Waals surface area contributed by atoms with Gasteiger partial charge in [0.1, 0.15) is 0 Å². The molecular formula is C18H28ClN3O. The minimum absolute atomic E-state index is 0.355. The fraction of sp³-hybridized carbons (Fsp3) is 0.611. The van der Waals surface area contributed by atoms with Crippen LogP contribution in [0.15, 0.2) is 29.3 Å². The molecule has 1 aliphatic rings. The molecule has 1 saturated carbocycles. The van der Waals surface area contributed by atoms with Gasteiger partial charge in [0.2, 0.25) is 0 Å². The highest BCUT2D eigenvalue weighted by atomic mass is 35.5. The van der Waals surface area contributed by atoms with Gasteiger partial charge < -0.3 is 15.4 Å². The molecule has 1 fully saturated rings. The van der Waals surface area contributed by atoms with Crippen molar-refractivity contribution in [3.8, 4) is 0 Å². The molecule has 0 amide bonds. The van der Waals surface area contributed by atoms with Crippen molar-refractivity contribution in [3.05, 3.63) is 34.9 Å². The fourth-order valence-electron chi connectivity index (χ4n) is 3.24. The van der Waals surface area contributed by atoms with Gasteiger partial charge in [-0.1, -0.05) is 36.6 Å². The van der Waals surface area contributed by atoms with Crippen molar-refractivity contribution >= 4 is 17.6 Å². The monoisotopic (exact) mass is 337 g/mol. The third kappa shape index (κ3) is 5.70. The maximum Gasteiger partial charge on any atom is 0.191 e. The van der Waals surface area contributed by atoms with Crippen LogP contribution >= 0.6 is 11.6 Å². The number of rotatable bonds is 7. The standard InChI is InChI=1S/C18H28ClN3O/c1-20-17(21-13-15-5-7-16(19)8-6-15)22-14-18(11-12-23-2)9-3-4-10-18/h5-8H,3-4,9-14H2,1-2H3,(H2,20,21,22). The van der Waals surface area contributed by atoms with Crippen molar-refractivity contribution in [2.24, 2.45) is 10.4 Å². The number of nitrogens with zero attached hydrogens (tertiary/aromatic N) is 1. The molecule has 0 aliphatic heterocycles. The SMILES string of the molecule is CN=C(NCc1ccc(Cl)cc1)NCC1(CCOC)CCCC1. The minimum atomic E-state index is 0.355. The number of hydrogen-bond donors (Lipinski definition) is 2. The van der Waals surface area contributed by atoms with Crippen molar-refractivity contribution in [2.45, 2.75) is 38.6 Å². The van der Waals surface area contributed by atoms with E-state index in [2.05, 4.69) is 15.6 Å². The Hall–Kier alpha value is -1.26. The highest BCUT2D eigenvalue weighted by Crippen LogP contribution is 2.40. The Labute approximate surface area is 144 Å².